The van der Waals surface area contributed by atoms with E-state index in [0.29, 0.717) is 6.54 Å². The van der Waals surface area contributed by atoms with Crippen molar-refractivity contribution in [3.63, 3.8) is 0 Å². The largest absolute Gasteiger partial charge is 0.360 e. The molecule has 0 aliphatic heterocycles. The van der Waals surface area contributed by atoms with Crippen molar-refractivity contribution < 1.29 is 4.52 Å². The van der Waals surface area contributed by atoms with Gasteiger partial charge in [-0.05, 0) is 6.92 Å². The topological polar surface area (TPSA) is 51.0 Å². The average molecular weight is 209 g/mol. The summed E-state index contributed by atoms with van der Waals surface area (Å²) >= 11 is 1.71. The van der Waals surface area contributed by atoms with Crippen LogP contribution in [0.1, 0.15) is 15.6 Å². The number of rotatable bonds is 4. The molecule has 5 heteroatoms. The molecule has 2 heterocycles. The second kappa shape index (κ2) is 4.34. The molecule has 1 N–H and O–H groups in total. The van der Waals surface area contributed by atoms with E-state index in [1.54, 1.807) is 17.5 Å². The van der Waals surface area contributed by atoms with Crippen LogP contribution in [0.4, 0.5) is 0 Å². The highest BCUT2D eigenvalue weighted by molar-refractivity contribution is 7.11. The van der Waals surface area contributed by atoms with Crippen LogP contribution in [0.3, 0.4) is 0 Å². The number of nitrogens with zero attached hydrogens (tertiary/aromatic N) is 2. The smallest absolute Gasteiger partial charge is 0.150 e. The van der Waals surface area contributed by atoms with Gasteiger partial charge in [0, 0.05) is 23.7 Å². The van der Waals surface area contributed by atoms with Gasteiger partial charge in [-0.25, -0.2) is 4.98 Å². The molecule has 2 aromatic heterocycles. The van der Waals surface area contributed by atoms with Crippen molar-refractivity contribution in [1.29, 1.82) is 0 Å². The molecule has 0 unspecified atom stereocenters. The third-order valence-corrected chi connectivity index (χ3v) is 2.67. The molecule has 0 fully saturated rings. The van der Waals surface area contributed by atoms with Crippen LogP contribution >= 0.6 is 11.3 Å². The lowest BCUT2D eigenvalue weighted by atomic mass is 10.4. The summed E-state index contributed by atoms with van der Waals surface area (Å²) < 4.78 is 4.95. The highest BCUT2D eigenvalue weighted by atomic mass is 32.1. The Morgan fingerprint density at radius 3 is 3.07 bits per heavy atom. The zero-order valence-corrected chi connectivity index (χ0v) is 8.67. The molecule has 0 spiro atoms. The summed E-state index contributed by atoms with van der Waals surface area (Å²) in [6.07, 6.45) is 3.54. The fourth-order valence-corrected chi connectivity index (χ4v) is 1.89. The number of nitrogens with one attached hydrogen (secondary N) is 1. The number of thiazole rings is 1. The molecule has 4 nitrogen and oxygen atoms in total. The van der Waals surface area contributed by atoms with Crippen LogP contribution in [0.15, 0.2) is 23.0 Å². The fraction of sp³-hybridized carbons (Fsp3) is 0.333. The Kier molecular flexibility index (Phi) is 2.90. The molecule has 0 atom stereocenters. The van der Waals surface area contributed by atoms with Crippen molar-refractivity contribution in [2.24, 2.45) is 0 Å². The molecule has 2 rings (SSSR count). The van der Waals surface area contributed by atoms with Crippen LogP contribution in [-0.2, 0) is 13.1 Å². The highest BCUT2D eigenvalue weighted by Crippen LogP contribution is 2.10. The van der Waals surface area contributed by atoms with Crippen molar-refractivity contribution in [3.05, 3.63) is 34.1 Å². The Morgan fingerprint density at radius 2 is 2.43 bits per heavy atom. The third-order valence-electron chi connectivity index (χ3n) is 1.76. The molecule has 74 valence electrons. The first kappa shape index (κ1) is 9.36. The van der Waals surface area contributed by atoms with Crippen LogP contribution in [0, 0.1) is 6.92 Å². The van der Waals surface area contributed by atoms with Gasteiger partial charge in [-0.1, -0.05) is 5.16 Å². The van der Waals surface area contributed by atoms with Crippen LogP contribution in [0.25, 0.3) is 0 Å². The second-order valence-corrected chi connectivity index (χ2v) is 4.25. The lowest BCUT2D eigenvalue weighted by Gasteiger charge is -1.97. The molecular formula is C9H11N3OS. The maximum Gasteiger partial charge on any atom is 0.150 e. The van der Waals surface area contributed by atoms with Crippen LogP contribution in [-0.4, -0.2) is 10.1 Å². The van der Waals surface area contributed by atoms with E-state index in [2.05, 4.69) is 15.5 Å². The Hall–Kier alpha value is -1.20. The van der Waals surface area contributed by atoms with Crippen LogP contribution in [0.2, 0.25) is 0 Å². The summed E-state index contributed by atoms with van der Waals surface area (Å²) in [6, 6.07) is 1.85. The molecule has 0 aromatic carbocycles. The maximum absolute atomic E-state index is 4.95. The summed E-state index contributed by atoms with van der Waals surface area (Å²) in [7, 11) is 0. The average Bonchev–Trinajstić information content (AvgIpc) is 2.77. The van der Waals surface area contributed by atoms with E-state index in [-0.39, 0.29) is 0 Å². The van der Waals surface area contributed by atoms with E-state index >= 15 is 0 Å². The summed E-state index contributed by atoms with van der Waals surface area (Å²) in [5.74, 6) is 0.853. The van der Waals surface area contributed by atoms with Gasteiger partial charge in [-0.2, -0.15) is 0 Å². The molecule has 0 saturated carbocycles. The number of aromatic nitrogens is 2. The molecule has 2 aromatic rings. The highest BCUT2D eigenvalue weighted by Gasteiger charge is 1.99. The van der Waals surface area contributed by atoms with E-state index in [1.165, 1.54) is 4.88 Å². The van der Waals surface area contributed by atoms with Crippen LogP contribution < -0.4 is 5.32 Å². The molecular weight excluding hydrogens is 198 g/mol. The van der Waals surface area contributed by atoms with Crippen molar-refractivity contribution >= 4 is 11.3 Å². The Balaban J connectivity index is 1.78. The number of aryl methyl sites for hydroxylation is 1. The molecule has 0 bridgehead atoms. The van der Waals surface area contributed by atoms with Crippen LogP contribution in [0.5, 0.6) is 0 Å². The summed E-state index contributed by atoms with van der Waals surface area (Å²) in [5, 5.41) is 7.98. The van der Waals surface area contributed by atoms with Gasteiger partial charge >= 0.3 is 0 Å². The lowest BCUT2D eigenvalue weighted by Crippen LogP contribution is -2.10. The summed E-state index contributed by atoms with van der Waals surface area (Å²) in [6.45, 7) is 3.54. The van der Waals surface area contributed by atoms with Gasteiger partial charge in [-0.15, -0.1) is 11.3 Å². The quantitative estimate of drug-likeness (QED) is 0.833. The van der Waals surface area contributed by atoms with Gasteiger partial charge in [-0.3, -0.25) is 0 Å². The van der Waals surface area contributed by atoms with Gasteiger partial charge in [0.2, 0.25) is 0 Å². The lowest BCUT2D eigenvalue weighted by molar-refractivity contribution is 0.373. The molecule has 0 amide bonds. The minimum atomic E-state index is 0.705. The summed E-state index contributed by atoms with van der Waals surface area (Å²) in [5.41, 5.74) is 0. The first-order valence-corrected chi connectivity index (χ1v) is 5.18. The standard InChI is InChI=1S/C9H11N3OS/c1-7-11-6-9(14-7)5-10-4-8-2-3-12-13-8/h2-3,6,10H,4-5H2,1H3. The van der Waals surface area contributed by atoms with E-state index in [0.717, 1.165) is 17.3 Å². The number of hydrogen-bond donors (Lipinski definition) is 1. The van der Waals surface area contributed by atoms with E-state index in [9.17, 15) is 0 Å². The normalized spacial score (nSPS) is 10.6. The molecule has 0 radical (unpaired) electrons. The molecule has 0 aliphatic rings. The molecule has 0 saturated heterocycles. The van der Waals surface area contributed by atoms with Crippen molar-refractivity contribution in [1.82, 2.24) is 15.5 Å². The van der Waals surface area contributed by atoms with Crippen molar-refractivity contribution in [3.8, 4) is 0 Å². The van der Waals surface area contributed by atoms with E-state index in [4.69, 9.17) is 4.52 Å². The predicted octanol–water partition coefficient (Wildman–Crippen LogP) is 1.73. The third kappa shape index (κ3) is 2.40. The van der Waals surface area contributed by atoms with Gasteiger partial charge in [0.15, 0.2) is 0 Å². The minimum absolute atomic E-state index is 0.705. The van der Waals surface area contributed by atoms with E-state index in [1.807, 2.05) is 19.2 Å². The first-order chi connectivity index (χ1) is 6.84. The fourth-order valence-electron chi connectivity index (χ4n) is 1.13. The Morgan fingerprint density at radius 1 is 1.50 bits per heavy atom. The predicted molar refractivity (Wildman–Crippen MR) is 53.9 cm³/mol. The maximum atomic E-state index is 4.95. The second-order valence-electron chi connectivity index (χ2n) is 2.93. The number of hydrogen-bond acceptors (Lipinski definition) is 5. The molecule has 14 heavy (non-hydrogen) atoms. The monoisotopic (exact) mass is 209 g/mol. The first-order valence-electron chi connectivity index (χ1n) is 4.36. The Bertz CT molecular complexity index is 382. The van der Waals surface area contributed by atoms with Gasteiger partial charge in [0.1, 0.15) is 5.76 Å². The van der Waals surface area contributed by atoms with Gasteiger partial charge < -0.3 is 9.84 Å². The van der Waals surface area contributed by atoms with Gasteiger partial charge in [0.25, 0.3) is 0 Å². The minimum Gasteiger partial charge on any atom is -0.360 e. The zero-order chi connectivity index (χ0) is 9.80. The molecule has 0 aliphatic carbocycles. The van der Waals surface area contributed by atoms with Crippen molar-refractivity contribution in [2.45, 2.75) is 20.0 Å². The Labute approximate surface area is 86.0 Å². The zero-order valence-electron chi connectivity index (χ0n) is 7.86. The summed E-state index contributed by atoms with van der Waals surface area (Å²) in [4.78, 5) is 5.41. The van der Waals surface area contributed by atoms with Gasteiger partial charge in [0.05, 0.1) is 17.7 Å². The van der Waals surface area contributed by atoms with E-state index < -0.39 is 0 Å². The SMILES string of the molecule is Cc1ncc(CNCc2ccno2)s1. The van der Waals surface area contributed by atoms with Crippen molar-refractivity contribution in [2.75, 3.05) is 0 Å².